The van der Waals surface area contributed by atoms with Crippen molar-refractivity contribution in [2.24, 2.45) is 0 Å². The van der Waals surface area contributed by atoms with Crippen molar-refractivity contribution in [1.29, 1.82) is 0 Å². The Bertz CT molecular complexity index is 816. The van der Waals surface area contributed by atoms with Gasteiger partial charge in [0, 0.05) is 5.56 Å². The number of hydrogen-bond acceptors (Lipinski definition) is 3. The van der Waals surface area contributed by atoms with Crippen molar-refractivity contribution in [2.45, 2.75) is 38.5 Å². The summed E-state index contributed by atoms with van der Waals surface area (Å²) in [4.78, 5) is 12.5. The van der Waals surface area contributed by atoms with E-state index in [1.807, 2.05) is 12.1 Å². The molecule has 2 aromatic rings. The zero-order valence-corrected chi connectivity index (χ0v) is 14.9. The summed E-state index contributed by atoms with van der Waals surface area (Å²) in [5, 5.41) is 2.79. The number of anilines is 1. The minimum absolute atomic E-state index is 0.224. The van der Waals surface area contributed by atoms with Gasteiger partial charge in [0.15, 0.2) is 0 Å². The molecule has 1 aliphatic rings. The number of fused-ring (bicyclic) bond motifs is 1. The van der Waals surface area contributed by atoms with E-state index in [1.165, 1.54) is 36.8 Å². The Kier molecular flexibility index (Phi) is 5.58. The van der Waals surface area contributed by atoms with Gasteiger partial charge in [-0.2, -0.15) is 0 Å². The lowest BCUT2D eigenvalue weighted by Gasteiger charge is -2.15. The highest BCUT2D eigenvalue weighted by Gasteiger charge is 2.31. The first kappa shape index (κ1) is 19.1. The lowest BCUT2D eigenvalue weighted by molar-refractivity contribution is -0.274. The summed E-state index contributed by atoms with van der Waals surface area (Å²) < 4.78 is 45.9. The number of rotatable bonds is 4. The molecule has 0 aliphatic heterocycles. The Hall–Kier alpha value is -2.70. The van der Waals surface area contributed by atoms with Crippen molar-refractivity contribution in [1.82, 2.24) is 0 Å². The number of carbonyl (C=O) groups is 1. The molecule has 27 heavy (non-hydrogen) atoms. The number of nitrogens with one attached hydrogen (secondary N) is 1. The minimum atomic E-state index is -4.76. The Morgan fingerprint density at radius 2 is 1.63 bits per heavy atom. The first-order valence-electron chi connectivity index (χ1n) is 8.72. The highest BCUT2D eigenvalue weighted by molar-refractivity contribution is 6.05. The predicted octanol–water partition coefficient (Wildman–Crippen LogP) is 5.12. The molecule has 1 N–H and O–H groups in total. The lowest BCUT2D eigenvalue weighted by Crippen LogP contribution is -2.17. The molecule has 0 radical (unpaired) electrons. The maximum absolute atomic E-state index is 12.5. The Morgan fingerprint density at radius 3 is 2.22 bits per heavy atom. The molecule has 0 saturated heterocycles. The van der Waals surface area contributed by atoms with Crippen LogP contribution in [0.15, 0.2) is 36.4 Å². The normalized spacial score (nSPS) is 14.1. The highest BCUT2D eigenvalue weighted by atomic mass is 19.4. The molecule has 0 heterocycles. The van der Waals surface area contributed by atoms with E-state index < -0.39 is 12.3 Å². The van der Waals surface area contributed by atoms with Gasteiger partial charge < -0.3 is 14.8 Å². The van der Waals surface area contributed by atoms with Crippen LogP contribution in [0.4, 0.5) is 18.9 Å². The topological polar surface area (TPSA) is 47.6 Å². The lowest BCUT2D eigenvalue weighted by atomic mass is 10.0. The largest absolute Gasteiger partial charge is 0.573 e. The van der Waals surface area contributed by atoms with E-state index in [4.69, 9.17) is 4.74 Å². The molecule has 1 amide bonds. The molecule has 0 fully saturated rings. The molecule has 1 aliphatic carbocycles. The summed E-state index contributed by atoms with van der Waals surface area (Å²) in [6.45, 7) is 0. The molecule has 2 aromatic carbocycles. The second kappa shape index (κ2) is 7.90. The van der Waals surface area contributed by atoms with Gasteiger partial charge in [-0.05, 0) is 73.2 Å². The quantitative estimate of drug-likeness (QED) is 0.751. The van der Waals surface area contributed by atoms with Gasteiger partial charge in [0.05, 0.1) is 12.8 Å². The predicted molar refractivity (Wildman–Crippen MR) is 95.3 cm³/mol. The SMILES string of the molecule is COc1cc2c(cc1NC(=O)c1ccc(OC(F)(F)F)cc1)CCCCC2. The van der Waals surface area contributed by atoms with E-state index >= 15 is 0 Å². The van der Waals surface area contributed by atoms with Crippen LogP contribution in [0.1, 0.15) is 40.7 Å². The van der Waals surface area contributed by atoms with Gasteiger partial charge in [0.25, 0.3) is 5.91 Å². The monoisotopic (exact) mass is 379 g/mol. The van der Waals surface area contributed by atoms with Crippen LogP contribution in [-0.4, -0.2) is 19.4 Å². The van der Waals surface area contributed by atoms with Crippen LogP contribution in [0, 0.1) is 0 Å². The second-order valence-electron chi connectivity index (χ2n) is 6.41. The molecular formula is C20H20F3NO3. The van der Waals surface area contributed by atoms with Crippen molar-refractivity contribution in [3.8, 4) is 11.5 Å². The number of halogens is 3. The van der Waals surface area contributed by atoms with Crippen LogP contribution in [0.3, 0.4) is 0 Å². The molecule has 4 nitrogen and oxygen atoms in total. The van der Waals surface area contributed by atoms with E-state index in [0.717, 1.165) is 37.8 Å². The molecule has 7 heteroatoms. The van der Waals surface area contributed by atoms with Crippen molar-refractivity contribution >= 4 is 11.6 Å². The summed E-state index contributed by atoms with van der Waals surface area (Å²) in [5.74, 6) is -0.233. The number of aryl methyl sites for hydroxylation is 2. The summed E-state index contributed by atoms with van der Waals surface area (Å²) in [6.07, 6.45) is 0.581. The zero-order valence-electron chi connectivity index (χ0n) is 14.9. The first-order chi connectivity index (χ1) is 12.9. The number of hydrogen-bond donors (Lipinski definition) is 1. The van der Waals surface area contributed by atoms with Gasteiger partial charge in [-0.25, -0.2) is 0 Å². The number of carbonyl (C=O) groups excluding carboxylic acids is 1. The minimum Gasteiger partial charge on any atom is -0.495 e. The zero-order chi connectivity index (χ0) is 19.4. The average Bonchev–Trinajstić information content (AvgIpc) is 2.85. The summed E-state index contributed by atoms with van der Waals surface area (Å²) in [6, 6.07) is 8.67. The smallest absolute Gasteiger partial charge is 0.495 e. The molecule has 0 aromatic heterocycles. The van der Waals surface area contributed by atoms with E-state index in [-0.39, 0.29) is 11.3 Å². The van der Waals surface area contributed by atoms with Gasteiger partial charge in [-0.3, -0.25) is 4.79 Å². The van der Waals surface area contributed by atoms with Crippen LogP contribution in [0.25, 0.3) is 0 Å². The highest BCUT2D eigenvalue weighted by Crippen LogP contribution is 2.32. The van der Waals surface area contributed by atoms with Gasteiger partial charge in [0.1, 0.15) is 11.5 Å². The fraction of sp³-hybridized carbons (Fsp3) is 0.350. The van der Waals surface area contributed by atoms with Crippen LogP contribution in [-0.2, 0) is 12.8 Å². The van der Waals surface area contributed by atoms with Crippen molar-refractivity contribution in [3.05, 3.63) is 53.1 Å². The molecule has 0 spiro atoms. The molecule has 0 unspecified atom stereocenters. The number of benzene rings is 2. The van der Waals surface area contributed by atoms with Gasteiger partial charge >= 0.3 is 6.36 Å². The number of alkyl halides is 3. The molecule has 144 valence electrons. The third kappa shape index (κ3) is 4.93. The number of amides is 1. The van der Waals surface area contributed by atoms with Crippen LogP contribution < -0.4 is 14.8 Å². The maximum atomic E-state index is 12.5. The van der Waals surface area contributed by atoms with Gasteiger partial charge in [-0.15, -0.1) is 13.2 Å². The Labute approximate surface area is 155 Å². The molecule has 0 atom stereocenters. The van der Waals surface area contributed by atoms with Gasteiger partial charge in [-0.1, -0.05) is 6.42 Å². The summed E-state index contributed by atoms with van der Waals surface area (Å²) >= 11 is 0. The van der Waals surface area contributed by atoms with E-state index in [9.17, 15) is 18.0 Å². The van der Waals surface area contributed by atoms with Crippen LogP contribution in [0.2, 0.25) is 0 Å². The Morgan fingerprint density at radius 1 is 1.00 bits per heavy atom. The third-order valence-corrected chi connectivity index (χ3v) is 4.51. The average molecular weight is 379 g/mol. The number of methoxy groups -OCH3 is 1. The van der Waals surface area contributed by atoms with Crippen molar-refractivity contribution in [2.75, 3.05) is 12.4 Å². The molecular weight excluding hydrogens is 359 g/mol. The second-order valence-corrected chi connectivity index (χ2v) is 6.41. The Balaban J connectivity index is 1.78. The standard InChI is InChI=1S/C20H20F3NO3/c1-26-18-12-15-6-4-2-3-5-14(15)11-17(18)24-19(25)13-7-9-16(10-8-13)27-20(21,22)23/h7-12H,2-6H2,1H3,(H,24,25). The maximum Gasteiger partial charge on any atom is 0.573 e. The number of ether oxygens (including phenoxy) is 2. The summed E-state index contributed by atoms with van der Waals surface area (Å²) in [5.41, 5.74) is 3.20. The van der Waals surface area contributed by atoms with E-state index in [1.54, 1.807) is 0 Å². The van der Waals surface area contributed by atoms with E-state index in [0.29, 0.717) is 11.4 Å². The van der Waals surface area contributed by atoms with Crippen LogP contribution in [0.5, 0.6) is 11.5 Å². The van der Waals surface area contributed by atoms with Crippen molar-refractivity contribution in [3.63, 3.8) is 0 Å². The third-order valence-electron chi connectivity index (χ3n) is 4.51. The molecule has 0 saturated carbocycles. The molecule has 3 rings (SSSR count). The summed E-state index contributed by atoms with van der Waals surface area (Å²) in [7, 11) is 1.54. The fourth-order valence-electron chi connectivity index (χ4n) is 3.21. The molecule has 0 bridgehead atoms. The van der Waals surface area contributed by atoms with Crippen LogP contribution >= 0.6 is 0 Å². The van der Waals surface area contributed by atoms with Gasteiger partial charge in [0.2, 0.25) is 0 Å². The fourth-order valence-corrected chi connectivity index (χ4v) is 3.21. The first-order valence-corrected chi connectivity index (χ1v) is 8.72. The van der Waals surface area contributed by atoms with Crippen molar-refractivity contribution < 1.29 is 27.4 Å². The van der Waals surface area contributed by atoms with E-state index in [2.05, 4.69) is 10.1 Å².